The zero-order valence-corrected chi connectivity index (χ0v) is 10.8. The van der Waals surface area contributed by atoms with Crippen molar-refractivity contribution in [3.05, 3.63) is 58.8 Å². The number of ether oxygens (including phenoxy) is 1. The Labute approximate surface area is 114 Å². The second kappa shape index (κ2) is 4.74. The average molecular weight is 268 g/mol. The number of phenols is 1. The molecule has 1 N–H and O–H groups in total. The average Bonchev–Trinajstić information content (AvgIpc) is 2.48. The quantitative estimate of drug-likeness (QED) is 0.775. The minimum Gasteiger partial charge on any atom is -0.504 e. The summed E-state index contributed by atoms with van der Waals surface area (Å²) in [6.45, 7) is 0. The van der Waals surface area contributed by atoms with E-state index in [0.717, 1.165) is 11.3 Å². The van der Waals surface area contributed by atoms with Crippen LogP contribution in [0.5, 0.6) is 11.5 Å². The van der Waals surface area contributed by atoms with E-state index in [2.05, 4.69) is 0 Å². The predicted octanol–water partition coefficient (Wildman–Crippen LogP) is 3.17. The molecule has 3 rings (SSSR count). The maximum Gasteiger partial charge on any atom is 0.193 e. The fraction of sp³-hybridized carbons (Fsp3) is 0.0625. The molecular formula is C16H12O4. The van der Waals surface area contributed by atoms with Crippen molar-refractivity contribution in [2.75, 3.05) is 7.11 Å². The third kappa shape index (κ3) is 2.01. The van der Waals surface area contributed by atoms with E-state index in [1.165, 1.54) is 12.1 Å². The minimum absolute atomic E-state index is 0.0463. The van der Waals surface area contributed by atoms with Crippen molar-refractivity contribution in [3.63, 3.8) is 0 Å². The Morgan fingerprint density at radius 2 is 1.85 bits per heavy atom. The number of methoxy groups -OCH3 is 1. The van der Waals surface area contributed by atoms with Gasteiger partial charge in [0.25, 0.3) is 0 Å². The second-order valence-electron chi connectivity index (χ2n) is 4.36. The van der Waals surface area contributed by atoms with Crippen LogP contribution in [-0.4, -0.2) is 12.2 Å². The van der Waals surface area contributed by atoms with Crippen LogP contribution in [-0.2, 0) is 0 Å². The minimum atomic E-state index is -0.187. The highest BCUT2D eigenvalue weighted by Gasteiger charge is 2.09. The van der Waals surface area contributed by atoms with Gasteiger partial charge in [-0.2, -0.15) is 0 Å². The number of aromatic hydroxyl groups is 1. The van der Waals surface area contributed by atoms with Crippen molar-refractivity contribution in [2.24, 2.45) is 0 Å². The maximum atomic E-state index is 12.1. The molecule has 0 aliphatic heterocycles. The van der Waals surface area contributed by atoms with Gasteiger partial charge in [-0.05, 0) is 36.4 Å². The fourth-order valence-corrected chi connectivity index (χ4v) is 2.06. The van der Waals surface area contributed by atoms with Gasteiger partial charge in [-0.3, -0.25) is 4.79 Å². The van der Waals surface area contributed by atoms with Crippen LogP contribution in [0.4, 0.5) is 0 Å². The highest BCUT2D eigenvalue weighted by molar-refractivity contribution is 5.83. The van der Waals surface area contributed by atoms with E-state index in [0.29, 0.717) is 11.1 Å². The molecule has 0 saturated heterocycles. The van der Waals surface area contributed by atoms with Crippen LogP contribution in [0, 0.1) is 0 Å². The molecule has 4 heteroatoms. The molecule has 100 valence electrons. The van der Waals surface area contributed by atoms with E-state index >= 15 is 0 Å². The number of hydrogen-bond acceptors (Lipinski definition) is 4. The molecule has 0 saturated carbocycles. The number of fused-ring (bicyclic) bond motifs is 1. The molecular weight excluding hydrogens is 256 g/mol. The first-order valence-corrected chi connectivity index (χ1v) is 6.09. The lowest BCUT2D eigenvalue weighted by Gasteiger charge is -2.05. The summed E-state index contributed by atoms with van der Waals surface area (Å²) >= 11 is 0. The third-order valence-electron chi connectivity index (χ3n) is 3.11. The first-order valence-electron chi connectivity index (χ1n) is 6.09. The first-order chi connectivity index (χ1) is 9.69. The Morgan fingerprint density at radius 1 is 1.10 bits per heavy atom. The number of rotatable bonds is 2. The van der Waals surface area contributed by atoms with Crippen LogP contribution >= 0.6 is 0 Å². The van der Waals surface area contributed by atoms with Crippen molar-refractivity contribution in [1.82, 2.24) is 0 Å². The largest absolute Gasteiger partial charge is 0.504 e. The van der Waals surface area contributed by atoms with Crippen molar-refractivity contribution in [3.8, 4) is 22.8 Å². The van der Waals surface area contributed by atoms with Gasteiger partial charge in [-0.15, -0.1) is 0 Å². The third-order valence-corrected chi connectivity index (χ3v) is 3.11. The molecule has 0 amide bonds. The van der Waals surface area contributed by atoms with E-state index in [4.69, 9.17) is 9.15 Å². The zero-order chi connectivity index (χ0) is 14.1. The molecule has 0 spiro atoms. The Hall–Kier alpha value is -2.75. The first kappa shape index (κ1) is 12.3. The van der Waals surface area contributed by atoms with Gasteiger partial charge in [0.1, 0.15) is 11.5 Å². The molecule has 1 aromatic heterocycles. The van der Waals surface area contributed by atoms with E-state index in [1.54, 1.807) is 43.5 Å². The van der Waals surface area contributed by atoms with E-state index in [1.807, 2.05) is 0 Å². The maximum absolute atomic E-state index is 12.1. The number of hydrogen-bond donors (Lipinski definition) is 1. The Morgan fingerprint density at radius 3 is 2.55 bits per heavy atom. The molecule has 0 fully saturated rings. The summed E-state index contributed by atoms with van der Waals surface area (Å²) in [7, 11) is 1.59. The van der Waals surface area contributed by atoms with Crippen LogP contribution in [0.15, 0.2) is 57.7 Å². The summed E-state index contributed by atoms with van der Waals surface area (Å²) in [5, 5.41) is 10.2. The van der Waals surface area contributed by atoms with Crippen LogP contribution in [0.1, 0.15) is 0 Å². The van der Waals surface area contributed by atoms with Gasteiger partial charge in [0.15, 0.2) is 16.8 Å². The smallest absolute Gasteiger partial charge is 0.193 e. The number of benzene rings is 2. The SMILES string of the molecule is COc1ccc(-c2cc(=O)c3cccc(O)c3o2)cc1. The fourth-order valence-electron chi connectivity index (χ4n) is 2.06. The Bertz CT molecular complexity index is 816. The Balaban J connectivity index is 2.21. The lowest BCUT2D eigenvalue weighted by molar-refractivity contribution is 0.415. The molecule has 0 atom stereocenters. The summed E-state index contributed by atoms with van der Waals surface area (Å²) < 4.78 is 10.7. The van der Waals surface area contributed by atoms with Gasteiger partial charge < -0.3 is 14.3 Å². The van der Waals surface area contributed by atoms with Crippen LogP contribution in [0.2, 0.25) is 0 Å². The molecule has 0 unspecified atom stereocenters. The highest BCUT2D eigenvalue weighted by Crippen LogP contribution is 2.28. The lowest BCUT2D eigenvalue weighted by atomic mass is 10.1. The van der Waals surface area contributed by atoms with Gasteiger partial charge >= 0.3 is 0 Å². The van der Waals surface area contributed by atoms with Gasteiger partial charge in [-0.1, -0.05) is 6.07 Å². The molecule has 0 radical (unpaired) electrons. The topological polar surface area (TPSA) is 59.7 Å². The summed E-state index contributed by atoms with van der Waals surface area (Å²) in [4.78, 5) is 12.1. The normalized spacial score (nSPS) is 10.7. The molecule has 20 heavy (non-hydrogen) atoms. The molecule has 4 nitrogen and oxygen atoms in total. The standard InChI is InChI=1S/C16H12O4/c1-19-11-7-5-10(6-8-11)15-9-14(18)12-3-2-4-13(17)16(12)20-15/h2-9,17H,1H3. The molecule has 1 heterocycles. The van der Waals surface area contributed by atoms with E-state index in [9.17, 15) is 9.90 Å². The van der Waals surface area contributed by atoms with Crippen LogP contribution in [0.3, 0.4) is 0 Å². The van der Waals surface area contributed by atoms with Crippen molar-refractivity contribution >= 4 is 11.0 Å². The molecule has 2 aromatic carbocycles. The predicted molar refractivity (Wildman–Crippen MR) is 76.1 cm³/mol. The number of phenolic OH excluding ortho intramolecular Hbond substituents is 1. The Kier molecular flexibility index (Phi) is 2.91. The van der Waals surface area contributed by atoms with Crippen molar-refractivity contribution in [1.29, 1.82) is 0 Å². The van der Waals surface area contributed by atoms with Gasteiger partial charge in [0.2, 0.25) is 0 Å². The summed E-state index contributed by atoms with van der Waals surface area (Å²) in [5.41, 5.74) is 0.756. The van der Waals surface area contributed by atoms with Gasteiger partial charge in [0.05, 0.1) is 12.5 Å². The second-order valence-corrected chi connectivity index (χ2v) is 4.36. The molecule has 3 aromatic rings. The monoisotopic (exact) mass is 268 g/mol. The molecule has 0 aliphatic rings. The summed E-state index contributed by atoms with van der Waals surface area (Å²) in [5.74, 6) is 1.08. The summed E-state index contributed by atoms with van der Waals surface area (Å²) in [6, 6.07) is 13.3. The molecule has 0 bridgehead atoms. The summed E-state index contributed by atoms with van der Waals surface area (Å²) in [6.07, 6.45) is 0. The molecule has 0 aliphatic carbocycles. The lowest BCUT2D eigenvalue weighted by Crippen LogP contribution is -2.00. The zero-order valence-electron chi connectivity index (χ0n) is 10.8. The van der Waals surface area contributed by atoms with Crippen molar-refractivity contribution in [2.45, 2.75) is 0 Å². The van der Waals surface area contributed by atoms with Crippen LogP contribution < -0.4 is 10.2 Å². The number of para-hydroxylation sites is 1. The van der Waals surface area contributed by atoms with Gasteiger partial charge in [0, 0.05) is 11.6 Å². The van der Waals surface area contributed by atoms with E-state index in [-0.39, 0.29) is 16.8 Å². The highest BCUT2D eigenvalue weighted by atomic mass is 16.5. The van der Waals surface area contributed by atoms with Gasteiger partial charge in [-0.25, -0.2) is 0 Å². The van der Waals surface area contributed by atoms with Crippen LogP contribution in [0.25, 0.3) is 22.3 Å². The van der Waals surface area contributed by atoms with Crippen molar-refractivity contribution < 1.29 is 14.3 Å². The van der Waals surface area contributed by atoms with E-state index < -0.39 is 0 Å².